The Kier molecular flexibility index (Phi) is 5.24. The van der Waals surface area contributed by atoms with E-state index in [9.17, 15) is 13.2 Å². The minimum atomic E-state index is -3.51. The quantitative estimate of drug-likeness (QED) is 0.567. The van der Waals surface area contributed by atoms with Crippen LogP contribution in [0.15, 0.2) is 62.3 Å². The van der Waals surface area contributed by atoms with Crippen LogP contribution in [0.2, 0.25) is 0 Å². The molecule has 2 heterocycles. The van der Waals surface area contributed by atoms with Crippen LogP contribution in [-0.2, 0) is 10.0 Å². The molecule has 29 heavy (non-hydrogen) atoms. The van der Waals surface area contributed by atoms with Crippen LogP contribution in [0.4, 0.5) is 10.5 Å². The number of carbonyl (C=O) groups is 1. The van der Waals surface area contributed by atoms with Gasteiger partial charge in [-0.1, -0.05) is 18.2 Å². The second kappa shape index (κ2) is 7.69. The molecule has 1 aliphatic heterocycles. The number of rotatable bonds is 4. The molecule has 1 aromatic heterocycles. The number of nitrogens with zero attached hydrogens (tertiary/aromatic N) is 2. The molecule has 1 fully saturated rings. The summed E-state index contributed by atoms with van der Waals surface area (Å²) in [7, 11) is -3.51. The van der Waals surface area contributed by atoms with Crippen molar-refractivity contribution in [3.05, 3.63) is 53.0 Å². The van der Waals surface area contributed by atoms with Crippen molar-refractivity contribution in [2.75, 3.05) is 31.1 Å². The van der Waals surface area contributed by atoms with Crippen molar-refractivity contribution in [2.45, 2.75) is 4.90 Å². The zero-order valence-corrected chi connectivity index (χ0v) is 17.5. The van der Waals surface area contributed by atoms with Gasteiger partial charge in [0.1, 0.15) is 5.58 Å². The molecule has 0 bridgehead atoms. The third-order valence-electron chi connectivity index (χ3n) is 4.74. The van der Waals surface area contributed by atoms with Gasteiger partial charge >= 0.3 is 6.16 Å². The summed E-state index contributed by atoms with van der Waals surface area (Å²) >= 11 is 3.55. The number of carboxylic acid groups (broad SMARTS) is 1. The Morgan fingerprint density at radius 1 is 1.07 bits per heavy atom. The van der Waals surface area contributed by atoms with Crippen molar-refractivity contribution in [1.29, 1.82) is 0 Å². The van der Waals surface area contributed by atoms with Crippen molar-refractivity contribution < 1.29 is 27.5 Å². The molecule has 1 N–H and O–H groups in total. The van der Waals surface area contributed by atoms with Gasteiger partial charge in [-0.2, -0.15) is 4.31 Å². The first-order valence-corrected chi connectivity index (χ1v) is 11.0. The van der Waals surface area contributed by atoms with E-state index in [1.807, 2.05) is 6.07 Å². The summed E-state index contributed by atoms with van der Waals surface area (Å²) in [5, 5.41) is 9.42. The summed E-state index contributed by atoms with van der Waals surface area (Å²) in [5.41, 5.74) is 1.36. The predicted octanol–water partition coefficient (Wildman–Crippen LogP) is 3.76. The molecule has 0 saturated carbocycles. The van der Waals surface area contributed by atoms with Crippen molar-refractivity contribution in [3.63, 3.8) is 0 Å². The van der Waals surface area contributed by atoms with Gasteiger partial charge in [0.2, 0.25) is 10.0 Å². The number of anilines is 1. The minimum absolute atomic E-state index is 0.107. The first kappa shape index (κ1) is 19.7. The van der Waals surface area contributed by atoms with Crippen molar-refractivity contribution in [3.8, 4) is 5.95 Å². The molecule has 10 heteroatoms. The number of sulfonamides is 1. The highest BCUT2D eigenvalue weighted by molar-refractivity contribution is 9.10. The van der Waals surface area contributed by atoms with E-state index >= 15 is 0 Å². The zero-order valence-electron chi connectivity index (χ0n) is 15.1. The zero-order chi connectivity index (χ0) is 20.6. The van der Waals surface area contributed by atoms with Crippen molar-refractivity contribution in [1.82, 2.24) is 4.31 Å². The van der Waals surface area contributed by atoms with E-state index in [0.29, 0.717) is 42.0 Å². The largest absolute Gasteiger partial charge is 0.513 e. The Morgan fingerprint density at radius 2 is 1.76 bits per heavy atom. The molecule has 3 aromatic rings. The maximum absolute atomic E-state index is 12.8. The molecule has 1 aliphatic rings. The number of benzene rings is 2. The van der Waals surface area contributed by atoms with E-state index in [2.05, 4.69) is 25.6 Å². The summed E-state index contributed by atoms with van der Waals surface area (Å²) in [6.07, 6.45) is -1.45. The molecule has 0 aliphatic carbocycles. The lowest BCUT2D eigenvalue weighted by molar-refractivity contribution is 0.134. The molecular formula is C19H17BrN2O6S. The van der Waals surface area contributed by atoms with Gasteiger partial charge in [-0.3, -0.25) is 0 Å². The van der Waals surface area contributed by atoms with E-state index in [1.54, 1.807) is 36.4 Å². The smallest absolute Gasteiger partial charge is 0.449 e. The van der Waals surface area contributed by atoms with E-state index < -0.39 is 16.2 Å². The van der Waals surface area contributed by atoms with Crippen LogP contribution in [0, 0.1) is 0 Å². The fourth-order valence-corrected chi connectivity index (χ4v) is 5.47. The average molecular weight is 481 g/mol. The van der Waals surface area contributed by atoms with Crippen LogP contribution in [-0.4, -0.2) is 50.2 Å². The molecular weight excluding hydrogens is 464 g/mol. The van der Waals surface area contributed by atoms with E-state index in [4.69, 9.17) is 9.52 Å². The predicted molar refractivity (Wildman–Crippen MR) is 110 cm³/mol. The Morgan fingerprint density at radius 3 is 2.41 bits per heavy atom. The second-order valence-electron chi connectivity index (χ2n) is 6.45. The molecule has 152 valence electrons. The Labute approximate surface area is 175 Å². The average Bonchev–Trinajstić information content (AvgIpc) is 3.12. The molecule has 0 unspecified atom stereocenters. The normalized spacial score (nSPS) is 15.6. The molecule has 0 amide bonds. The van der Waals surface area contributed by atoms with Gasteiger partial charge < -0.3 is 19.2 Å². The minimum Gasteiger partial charge on any atom is -0.449 e. The summed E-state index contributed by atoms with van der Waals surface area (Å²) < 4.78 is 37.7. The van der Waals surface area contributed by atoms with Crippen LogP contribution >= 0.6 is 15.9 Å². The third-order valence-corrected chi connectivity index (χ3v) is 7.49. The van der Waals surface area contributed by atoms with Gasteiger partial charge in [-0.15, -0.1) is 0 Å². The van der Waals surface area contributed by atoms with Gasteiger partial charge in [0, 0.05) is 37.6 Å². The van der Waals surface area contributed by atoms with Crippen LogP contribution in [0.5, 0.6) is 5.95 Å². The highest BCUT2D eigenvalue weighted by Gasteiger charge is 2.29. The van der Waals surface area contributed by atoms with Crippen LogP contribution in [0.3, 0.4) is 0 Å². The number of hydrogen-bond donors (Lipinski definition) is 1. The lowest BCUT2D eigenvalue weighted by Crippen LogP contribution is -2.48. The maximum atomic E-state index is 12.8. The summed E-state index contributed by atoms with van der Waals surface area (Å²) in [4.78, 5) is 13.1. The van der Waals surface area contributed by atoms with E-state index in [-0.39, 0.29) is 5.95 Å². The lowest BCUT2D eigenvalue weighted by atomic mass is 10.2. The monoisotopic (exact) mass is 480 g/mol. The maximum Gasteiger partial charge on any atom is 0.513 e. The second-order valence-corrected chi connectivity index (χ2v) is 9.18. The highest BCUT2D eigenvalue weighted by Crippen LogP contribution is 2.38. The van der Waals surface area contributed by atoms with E-state index in [0.717, 1.165) is 10.2 Å². The lowest BCUT2D eigenvalue weighted by Gasteiger charge is -2.35. The summed E-state index contributed by atoms with van der Waals surface area (Å²) in [5.74, 6) is -0.107. The number of furan rings is 1. The molecule has 2 aromatic carbocycles. The van der Waals surface area contributed by atoms with Gasteiger partial charge in [0.25, 0.3) is 5.95 Å². The molecule has 8 nitrogen and oxygen atoms in total. The van der Waals surface area contributed by atoms with Crippen molar-refractivity contribution >= 4 is 48.8 Å². The number of piperazine rings is 1. The SMILES string of the molecule is O=C(O)Oc1cc2c(Br)c(N3CCN(S(=O)(=O)c4ccccc4)CC3)ccc2o1. The topological polar surface area (TPSA) is 100 Å². The number of hydrogen-bond acceptors (Lipinski definition) is 6. The fourth-order valence-electron chi connectivity index (χ4n) is 3.33. The Hall–Kier alpha value is -2.56. The van der Waals surface area contributed by atoms with E-state index in [1.165, 1.54) is 10.4 Å². The summed E-state index contributed by atoms with van der Waals surface area (Å²) in [6.45, 7) is 1.76. The van der Waals surface area contributed by atoms with Crippen LogP contribution in [0.1, 0.15) is 0 Å². The standard InChI is InChI=1S/C19H17BrN2O6S/c20-18-14-12-17(28-19(23)24)27-16(14)7-6-15(18)21-8-10-22(11-9-21)29(25,26)13-4-2-1-3-5-13/h1-7,12H,8-11H2,(H,23,24). The molecule has 0 spiro atoms. The third kappa shape index (κ3) is 3.83. The number of ether oxygens (including phenoxy) is 1. The van der Waals surface area contributed by atoms with Gasteiger partial charge in [0.15, 0.2) is 0 Å². The fraction of sp³-hybridized carbons (Fsp3) is 0.211. The van der Waals surface area contributed by atoms with Gasteiger partial charge in [0.05, 0.1) is 15.1 Å². The molecule has 0 radical (unpaired) electrons. The van der Waals surface area contributed by atoms with Crippen LogP contribution < -0.4 is 9.64 Å². The number of fused-ring (bicyclic) bond motifs is 1. The van der Waals surface area contributed by atoms with Crippen LogP contribution in [0.25, 0.3) is 11.0 Å². The molecule has 0 atom stereocenters. The Balaban J connectivity index is 1.53. The van der Waals surface area contributed by atoms with Crippen molar-refractivity contribution in [2.24, 2.45) is 0 Å². The Bertz CT molecular complexity index is 1150. The highest BCUT2D eigenvalue weighted by atomic mass is 79.9. The molecule has 4 rings (SSSR count). The summed E-state index contributed by atoms with van der Waals surface area (Å²) in [6, 6.07) is 13.5. The van der Waals surface area contributed by atoms with Gasteiger partial charge in [-0.05, 0) is 40.2 Å². The first-order chi connectivity index (χ1) is 13.9. The first-order valence-electron chi connectivity index (χ1n) is 8.79. The molecule has 1 saturated heterocycles. The van der Waals surface area contributed by atoms with Gasteiger partial charge in [-0.25, -0.2) is 13.2 Å². The number of halogens is 1.